The predicted octanol–water partition coefficient (Wildman–Crippen LogP) is 0.328. The highest BCUT2D eigenvalue weighted by atomic mass is 32.2. The van der Waals surface area contributed by atoms with E-state index in [9.17, 15) is 13.2 Å². The summed E-state index contributed by atoms with van der Waals surface area (Å²) in [6.45, 7) is 10.9. The molecule has 0 saturated carbocycles. The molecule has 1 rings (SSSR count). The van der Waals surface area contributed by atoms with Gasteiger partial charge in [0.25, 0.3) is 0 Å². The molecule has 0 spiro atoms. The van der Waals surface area contributed by atoms with Crippen LogP contribution in [0.4, 0.5) is 0 Å². The van der Waals surface area contributed by atoms with Gasteiger partial charge in [-0.2, -0.15) is 0 Å². The molecule has 1 heterocycles. The molecular weight excluding hydrogens is 316 g/mol. The number of sulfone groups is 1. The lowest BCUT2D eigenvalue weighted by atomic mass is 9.96. The van der Waals surface area contributed by atoms with Gasteiger partial charge in [-0.3, -0.25) is 9.79 Å². The first-order chi connectivity index (χ1) is 10.5. The van der Waals surface area contributed by atoms with E-state index in [0.29, 0.717) is 19.0 Å². The van der Waals surface area contributed by atoms with Gasteiger partial charge in [-0.1, -0.05) is 6.92 Å². The molecule has 1 N–H and O–H groups in total. The van der Waals surface area contributed by atoms with Gasteiger partial charge in [-0.15, -0.1) is 0 Å². The third-order valence-electron chi connectivity index (χ3n) is 3.99. The van der Waals surface area contributed by atoms with Crippen molar-refractivity contribution in [3.05, 3.63) is 0 Å². The predicted molar refractivity (Wildman–Crippen MR) is 93.3 cm³/mol. The molecule has 7 nitrogen and oxygen atoms in total. The highest BCUT2D eigenvalue weighted by Crippen LogP contribution is 2.24. The number of guanidine groups is 1. The number of amides is 1. The first-order valence-electron chi connectivity index (χ1n) is 8.02. The van der Waals surface area contributed by atoms with Crippen molar-refractivity contribution < 1.29 is 13.2 Å². The molecule has 1 fully saturated rings. The summed E-state index contributed by atoms with van der Waals surface area (Å²) in [7, 11) is -1.38. The van der Waals surface area contributed by atoms with Crippen molar-refractivity contribution in [1.82, 2.24) is 15.1 Å². The Labute approximate surface area is 140 Å². The highest BCUT2D eigenvalue weighted by Gasteiger charge is 2.40. The van der Waals surface area contributed by atoms with Crippen molar-refractivity contribution in [3.63, 3.8) is 0 Å². The van der Waals surface area contributed by atoms with Crippen molar-refractivity contribution >= 4 is 21.7 Å². The quantitative estimate of drug-likeness (QED) is 0.573. The lowest BCUT2D eigenvalue weighted by molar-refractivity contribution is -0.145. The zero-order valence-corrected chi connectivity index (χ0v) is 15.9. The summed E-state index contributed by atoms with van der Waals surface area (Å²) in [6, 6.07) is 0.143. The first kappa shape index (κ1) is 19.7. The van der Waals surface area contributed by atoms with Crippen LogP contribution in [-0.4, -0.2) is 79.9 Å². The monoisotopic (exact) mass is 346 g/mol. The second-order valence-corrected chi connectivity index (χ2v) is 9.21. The molecule has 134 valence electrons. The first-order valence-corrected chi connectivity index (χ1v) is 9.84. The molecular formula is C15H30N4O3S. The topological polar surface area (TPSA) is 82.1 Å². The van der Waals surface area contributed by atoms with E-state index in [2.05, 4.69) is 10.3 Å². The maximum atomic E-state index is 12.5. The summed E-state index contributed by atoms with van der Waals surface area (Å²) in [6.07, 6.45) is 0. The molecule has 0 aliphatic carbocycles. The van der Waals surface area contributed by atoms with Gasteiger partial charge < -0.3 is 15.1 Å². The third-order valence-corrected chi connectivity index (χ3v) is 5.69. The van der Waals surface area contributed by atoms with E-state index in [1.165, 1.54) is 0 Å². The van der Waals surface area contributed by atoms with Crippen LogP contribution in [0.25, 0.3) is 0 Å². The van der Waals surface area contributed by atoms with E-state index in [-0.39, 0.29) is 35.5 Å². The van der Waals surface area contributed by atoms with Crippen LogP contribution < -0.4 is 5.32 Å². The maximum Gasteiger partial charge on any atom is 0.242 e. The van der Waals surface area contributed by atoms with E-state index in [1.54, 1.807) is 14.0 Å². The summed E-state index contributed by atoms with van der Waals surface area (Å²) in [4.78, 5) is 20.4. The molecule has 8 heteroatoms. The van der Waals surface area contributed by atoms with Gasteiger partial charge in [0.15, 0.2) is 15.8 Å². The molecule has 23 heavy (non-hydrogen) atoms. The van der Waals surface area contributed by atoms with Crippen molar-refractivity contribution in [2.24, 2.45) is 4.99 Å². The summed E-state index contributed by atoms with van der Waals surface area (Å²) in [5.41, 5.74) is -0.309. The molecule has 0 unspecified atom stereocenters. The Bertz CT molecular complexity index is 555. The third kappa shape index (κ3) is 5.09. The van der Waals surface area contributed by atoms with Crippen LogP contribution in [0.2, 0.25) is 0 Å². The fraction of sp³-hybridized carbons (Fsp3) is 0.867. The van der Waals surface area contributed by atoms with Crippen molar-refractivity contribution in [3.8, 4) is 0 Å². The van der Waals surface area contributed by atoms with Gasteiger partial charge in [0.1, 0.15) is 0 Å². The number of nitrogens with zero attached hydrogens (tertiary/aromatic N) is 3. The number of carbonyl (C=O) groups excluding carboxylic acids is 1. The average molecular weight is 346 g/mol. The van der Waals surface area contributed by atoms with Crippen LogP contribution in [0.15, 0.2) is 4.99 Å². The number of carbonyl (C=O) groups is 1. The Balaban J connectivity index is 2.76. The molecule has 1 aliphatic heterocycles. The molecule has 0 aromatic carbocycles. The van der Waals surface area contributed by atoms with Gasteiger partial charge in [-0.25, -0.2) is 8.42 Å². The van der Waals surface area contributed by atoms with E-state index in [0.717, 1.165) is 0 Å². The van der Waals surface area contributed by atoms with Gasteiger partial charge in [0, 0.05) is 31.9 Å². The lowest BCUT2D eigenvalue weighted by Gasteiger charge is -2.49. The fourth-order valence-electron chi connectivity index (χ4n) is 3.11. The second-order valence-electron chi connectivity index (χ2n) is 6.74. The smallest absolute Gasteiger partial charge is 0.242 e. The van der Waals surface area contributed by atoms with Crippen LogP contribution in [-0.2, 0) is 14.6 Å². The minimum Gasteiger partial charge on any atom is -0.355 e. The Morgan fingerprint density at radius 2 is 2.00 bits per heavy atom. The standard InChI is InChI=1S/C15H30N4O3S/c1-7-23(21,22)9-8-17-14(16-6)18-10-13(20)19(12(2)3)15(4,5)11-18/h12H,7-11H2,1-6H3,(H,16,17). The molecule has 0 bridgehead atoms. The summed E-state index contributed by atoms with van der Waals surface area (Å²) >= 11 is 0. The molecule has 1 amide bonds. The zero-order chi connectivity index (χ0) is 17.8. The van der Waals surface area contributed by atoms with Crippen LogP contribution >= 0.6 is 0 Å². The SMILES string of the molecule is CCS(=O)(=O)CCNC(=NC)N1CC(=O)N(C(C)C)C(C)(C)C1. The lowest BCUT2D eigenvalue weighted by Crippen LogP contribution is -2.66. The number of hydrogen-bond acceptors (Lipinski definition) is 4. The van der Waals surface area contributed by atoms with Gasteiger partial charge in [0.05, 0.1) is 17.8 Å². The molecule has 0 aromatic rings. The summed E-state index contributed by atoms with van der Waals surface area (Å²) in [5.74, 6) is 0.819. The Kier molecular flexibility index (Phi) is 6.44. The molecule has 0 radical (unpaired) electrons. The summed E-state index contributed by atoms with van der Waals surface area (Å²) < 4.78 is 23.1. The van der Waals surface area contributed by atoms with Crippen molar-refractivity contribution in [2.45, 2.75) is 46.2 Å². The largest absolute Gasteiger partial charge is 0.355 e. The van der Waals surface area contributed by atoms with Crippen molar-refractivity contribution in [1.29, 1.82) is 0 Å². The maximum absolute atomic E-state index is 12.5. The van der Waals surface area contributed by atoms with Crippen LogP contribution in [0.5, 0.6) is 0 Å². The number of piperazine rings is 1. The van der Waals surface area contributed by atoms with Gasteiger partial charge >= 0.3 is 0 Å². The summed E-state index contributed by atoms with van der Waals surface area (Å²) in [5, 5.41) is 3.06. The van der Waals surface area contributed by atoms with E-state index >= 15 is 0 Å². The normalized spacial score (nSPS) is 19.4. The van der Waals surface area contributed by atoms with Gasteiger partial charge in [0.2, 0.25) is 5.91 Å². The molecule has 0 aromatic heterocycles. The molecule has 0 atom stereocenters. The Hall–Kier alpha value is -1.31. The van der Waals surface area contributed by atoms with E-state index in [4.69, 9.17) is 0 Å². The zero-order valence-electron chi connectivity index (χ0n) is 15.1. The molecule has 1 aliphatic rings. The van der Waals surface area contributed by atoms with E-state index < -0.39 is 9.84 Å². The van der Waals surface area contributed by atoms with Crippen LogP contribution in [0, 0.1) is 0 Å². The second kappa shape index (κ2) is 7.51. The molecule has 1 saturated heterocycles. The van der Waals surface area contributed by atoms with Crippen LogP contribution in [0.3, 0.4) is 0 Å². The van der Waals surface area contributed by atoms with Crippen molar-refractivity contribution in [2.75, 3.05) is 38.2 Å². The Morgan fingerprint density at radius 1 is 1.39 bits per heavy atom. The number of rotatable bonds is 5. The van der Waals surface area contributed by atoms with Crippen LogP contribution in [0.1, 0.15) is 34.6 Å². The highest BCUT2D eigenvalue weighted by molar-refractivity contribution is 7.91. The number of nitrogens with one attached hydrogen (secondary N) is 1. The van der Waals surface area contributed by atoms with Gasteiger partial charge in [-0.05, 0) is 27.7 Å². The minimum absolute atomic E-state index is 0.0559. The minimum atomic E-state index is -3.02. The number of hydrogen-bond donors (Lipinski definition) is 1. The Morgan fingerprint density at radius 3 is 2.43 bits per heavy atom. The number of aliphatic imine (C=N–C) groups is 1. The average Bonchev–Trinajstić information content (AvgIpc) is 2.41. The fourth-order valence-corrected chi connectivity index (χ4v) is 3.81. The van der Waals surface area contributed by atoms with E-state index in [1.807, 2.05) is 37.5 Å².